The molecule has 1 unspecified atom stereocenters. The molecule has 0 saturated heterocycles. The van der Waals surface area contributed by atoms with Crippen LogP contribution in [0.3, 0.4) is 0 Å². The molecule has 0 N–H and O–H groups in total. The summed E-state index contributed by atoms with van der Waals surface area (Å²) < 4.78 is 18.1. The number of imidazole rings is 1. The number of nitrogens with zero attached hydrogens (tertiary/aromatic N) is 2. The van der Waals surface area contributed by atoms with E-state index in [0.29, 0.717) is 25.5 Å². The Balaban J connectivity index is 2.42. The van der Waals surface area contributed by atoms with Crippen molar-refractivity contribution in [2.75, 3.05) is 33.8 Å². The van der Waals surface area contributed by atoms with Gasteiger partial charge in [0.15, 0.2) is 0 Å². The third-order valence-electron chi connectivity index (χ3n) is 3.42. The Kier molecular flexibility index (Phi) is 5.85. The fourth-order valence-electron chi connectivity index (χ4n) is 2.34. The van der Waals surface area contributed by atoms with Gasteiger partial charge in [0.05, 0.1) is 37.4 Å². The maximum atomic E-state index is 5.89. The van der Waals surface area contributed by atoms with E-state index < -0.39 is 0 Å². The van der Waals surface area contributed by atoms with Crippen LogP contribution in [-0.4, -0.2) is 49.5 Å². The molecule has 5 nitrogen and oxygen atoms in total. The van der Waals surface area contributed by atoms with E-state index in [1.807, 2.05) is 18.2 Å². The van der Waals surface area contributed by atoms with Gasteiger partial charge in [-0.25, -0.2) is 4.98 Å². The highest BCUT2D eigenvalue weighted by Gasteiger charge is 2.16. The zero-order chi connectivity index (χ0) is 15.2. The molecule has 2 rings (SSSR count). The number of rotatable bonds is 8. The molecule has 0 aliphatic carbocycles. The SMILES string of the molecule is COCC(Cn1c(CCCl)nc2ccc(OC)cc21)OC. The Morgan fingerprint density at radius 2 is 2.10 bits per heavy atom. The van der Waals surface area contributed by atoms with Crippen LogP contribution in [0.1, 0.15) is 5.82 Å². The minimum Gasteiger partial charge on any atom is -0.497 e. The van der Waals surface area contributed by atoms with Crippen molar-refractivity contribution >= 4 is 22.6 Å². The van der Waals surface area contributed by atoms with Crippen LogP contribution in [0.5, 0.6) is 5.75 Å². The van der Waals surface area contributed by atoms with E-state index >= 15 is 0 Å². The van der Waals surface area contributed by atoms with Gasteiger partial charge in [0.25, 0.3) is 0 Å². The summed E-state index contributed by atoms with van der Waals surface area (Å²) in [7, 11) is 5.01. The Bertz CT molecular complexity index is 586. The largest absolute Gasteiger partial charge is 0.497 e. The fourth-order valence-corrected chi connectivity index (χ4v) is 2.51. The van der Waals surface area contributed by atoms with E-state index in [-0.39, 0.29) is 6.10 Å². The molecule has 0 aliphatic rings. The summed E-state index contributed by atoms with van der Waals surface area (Å²) in [4.78, 5) is 4.65. The van der Waals surface area contributed by atoms with E-state index in [9.17, 15) is 0 Å². The molecule has 0 fully saturated rings. The van der Waals surface area contributed by atoms with Crippen molar-refractivity contribution in [1.82, 2.24) is 9.55 Å². The summed E-state index contributed by atoms with van der Waals surface area (Å²) in [6.07, 6.45) is 0.676. The third kappa shape index (κ3) is 3.67. The lowest BCUT2D eigenvalue weighted by molar-refractivity contribution is 0.0186. The summed E-state index contributed by atoms with van der Waals surface area (Å²) >= 11 is 5.89. The topological polar surface area (TPSA) is 45.5 Å². The lowest BCUT2D eigenvalue weighted by Crippen LogP contribution is -2.24. The lowest BCUT2D eigenvalue weighted by Gasteiger charge is -2.17. The van der Waals surface area contributed by atoms with E-state index in [0.717, 1.165) is 22.6 Å². The Morgan fingerprint density at radius 1 is 1.29 bits per heavy atom. The van der Waals surface area contributed by atoms with Gasteiger partial charge >= 0.3 is 0 Å². The number of hydrogen-bond acceptors (Lipinski definition) is 4. The highest BCUT2D eigenvalue weighted by molar-refractivity contribution is 6.17. The predicted octanol–water partition coefficient (Wildman–Crippen LogP) is 2.49. The van der Waals surface area contributed by atoms with Crippen molar-refractivity contribution in [3.8, 4) is 5.75 Å². The first kappa shape index (κ1) is 16.1. The molecule has 6 heteroatoms. The van der Waals surface area contributed by atoms with Crippen LogP contribution in [0.4, 0.5) is 0 Å². The van der Waals surface area contributed by atoms with Crippen molar-refractivity contribution in [1.29, 1.82) is 0 Å². The Morgan fingerprint density at radius 3 is 2.71 bits per heavy atom. The second-order valence-corrected chi connectivity index (χ2v) is 5.12. The highest BCUT2D eigenvalue weighted by Crippen LogP contribution is 2.23. The van der Waals surface area contributed by atoms with E-state index in [2.05, 4.69) is 9.55 Å². The summed E-state index contributed by atoms with van der Waals surface area (Å²) in [5.41, 5.74) is 1.95. The number of benzene rings is 1. The number of methoxy groups -OCH3 is 3. The molecule has 1 aromatic heterocycles. The first-order valence-corrected chi connectivity index (χ1v) is 7.37. The average molecular weight is 313 g/mol. The van der Waals surface area contributed by atoms with Gasteiger partial charge in [0.1, 0.15) is 11.6 Å². The summed E-state index contributed by atoms with van der Waals surface area (Å²) in [5, 5.41) is 0. The van der Waals surface area contributed by atoms with Gasteiger partial charge in [0, 0.05) is 32.6 Å². The number of ether oxygens (including phenoxy) is 3. The normalized spacial score (nSPS) is 12.8. The zero-order valence-corrected chi connectivity index (χ0v) is 13.4. The molecular formula is C15H21ClN2O3. The van der Waals surface area contributed by atoms with E-state index in [1.165, 1.54) is 0 Å². The fraction of sp³-hybridized carbons (Fsp3) is 0.533. The minimum absolute atomic E-state index is 0.0346. The second kappa shape index (κ2) is 7.64. The van der Waals surface area contributed by atoms with Crippen LogP contribution >= 0.6 is 11.6 Å². The third-order valence-corrected chi connectivity index (χ3v) is 3.61. The van der Waals surface area contributed by atoms with Crippen LogP contribution < -0.4 is 4.74 Å². The molecule has 1 heterocycles. The van der Waals surface area contributed by atoms with E-state index in [1.54, 1.807) is 21.3 Å². The number of fused-ring (bicyclic) bond motifs is 1. The summed E-state index contributed by atoms with van der Waals surface area (Å²) in [6.45, 7) is 1.20. The predicted molar refractivity (Wildman–Crippen MR) is 83.4 cm³/mol. The standard InChI is InChI=1S/C15H21ClN2O3/c1-19-10-12(21-3)9-18-14-8-11(20-2)4-5-13(14)17-15(18)6-7-16/h4-5,8,12H,6-7,9-10H2,1-3H3. The van der Waals surface area contributed by atoms with Crippen molar-refractivity contribution in [3.05, 3.63) is 24.0 Å². The van der Waals surface area contributed by atoms with Gasteiger partial charge in [-0.15, -0.1) is 11.6 Å². The Hall–Kier alpha value is -1.30. The highest BCUT2D eigenvalue weighted by atomic mass is 35.5. The number of aryl methyl sites for hydroxylation is 1. The minimum atomic E-state index is -0.0346. The number of aromatic nitrogens is 2. The molecule has 0 spiro atoms. The van der Waals surface area contributed by atoms with Gasteiger partial charge in [-0.3, -0.25) is 0 Å². The van der Waals surface area contributed by atoms with Gasteiger partial charge in [-0.05, 0) is 12.1 Å². The first-order chi connectivity index (χ1) is 10.2. The maximum absolute atomic E-state index is 5.89. The smallest absolute Gasteiger partial charge is 0.121 e. The van der Waals surface area contributed by atoms with Crippen LogP contribution in [0.25, 0.3) is 11.0 Å². The lowest BCUT2D eigenvalue weighted by atomic mass is 10.3. The summed E-state index contributed by atoms with van der Waals surface area (Å²) in [6, 6.07) is 5.85. The second-order valence-electron chi connectivity index (χ2n) is 4.75. The first-order valence-electron chi connectivity index (χ1n) is 6.84. The van der Waals surface area contributed by atoms with Gasteiger partial charge in [0.2, 0.25) is 0 Å². The van der Waals surface area contributed by atoms with Crippen molar-refractivity contribution < 1.29 is 14.2 Å². The summed E-state index contributed by atoms with van der Waals surface area (Å²) in [5.74, 6) is 2.29. The molecule has 2 aromatic rings. The van der Waals surface area contributed by atoms with Gasteiger partial charge < -0.3 is 18.8 Å². The van der Waals surface area contributed by atoms with Crippen molar-refractivity contribution in [3.63, 3.8) is 0 Å². The van der Waals surface area contributed by atoms with E-state index in [4.69, 9.17) is 25.8 Å². The van der Waals surface area contributed by atoms with Gasteiger partial charge in [-0.2, -0.15) is 0 Å². The van der Waals surface area contributed by atoms with Crippen LogP contribution in [0.15, 0.2) is 18.2 Å². The molecule has 0 radical (unpaired) electrons. The molecule has 21 heavy (non-hydrogen) atoms. The van der Waals surface area contributed by atoms with Crippen LogP contribution in [0.2, 0.25) is 0 Å². The molecular weight excluding hydrogens is 292 g/mol. The van der Waals surface area contributed by atoms with Gasteiger partial charge in [-0.1, -0.05) is 0 Å². The molecule has 1 aromatic carbocycles. The molecule has 0 saturated carbocycles. The quantitative estimate of drug-likeness (QED) is 0.703. The Labute approximate surface area is 129 Å². The molecule has 0 bridgehead atoms. The van der Waals surface area contributed by atoms with Crippen LogP contribution in [-0.2, 0) is 22.4 Å². The average Bonchev–Trinajstić information content (AvgIpc) is 2.84. The zero-order valence-electron chi connectivity index (χ0n) is 12.6. The molecule has 1 atom stereocenters. The molecule has 0 amide bonds. The number of halogens is 1. The number of hydrogen-bond donors (Lipinski definition) is 0. The monoisotopic (exact) mass is 312 g/mol. The molecule has 116 valence electrons. The molecule has 0 aliphatic heterocycles. The van der Waals surface area contributed by atoms with Crippen LogP contribution in [0, 0.1) is 0 Å². The maximum Gasteiger partial charge on any atom is 0.121 e. The number of alkyl halides is 1. The van der Waals surface area contributed by atoms with Crippen molar-refractivity contribution in [2.24, 2.45) is 0 Å². The van der Waals surface area contributed by atoms with Crippen molar-refractivity contribution in [2.45, 2.75) is 19.1 Å².